The van der Waals surface area contributed by atoms with Crippen molar-refractivity contribution in [2.45, 2.75) is 254 Å². The minimum Gasteiger partial charge on any atom is -0.451 e. The Morgan fingerprint density at radius 2 is 0.846 bits per heavy atom. The first kappa shape index (κ1) is 68.9. The number of carbonyl (C=O) groups excluding carboxylic acids is 9. The molecule has 1 aliphatic heterocycles. The van der Waals surface area contributed by atoms with E-state index in [1.54, 1.807) is 11.6 Å². The Kier molecular flexibility index (Phi) is 30.1. The van der Waals surface area contributed by atoms with Gasteiger partial charge in [0, 0.05) is 18.0 Å². The maximum absolute atomic E-state index is 13.2. The summed E-state index contributed by atoms with van der Waals surface area (Å²) in [4.78, 5) is 114. The minimum atomic E-state index is -4.64. The average molecular weight is 1170 g/mol. The van der Waals surface area contributed by atoms with Crippen LogP contribution in [0.15, 0.2) is 14.5 Å². The Bertz CT molecular complexity index is 2410. The first-order valence-corrected chi connectivity index (χ1v) is 30.7. The Morgan fingerprint density at radius 3 is 1.19 bits per heavy atom. The highest BCUT2D eigenvalue weighted by atomic mass is 32.3. The van der Waals surface area contributed by atoms with Gasteiger partial charge in [0.25, 0.3) is 15.9 Å². The topological polar surface area (TPSA) is 320 Å². The van der Waals surface area contributed by atoms with Crippen LogP contribution in [0.1, 0.15) is 197 Å². The number of unbranched alkanes of at least 4 members (excludes halogenated alkanes) is 14. The van der Waals surface area contributed by atoms with Crippen LogP contribution in [0.2, 0.25) is 0 Å². The second-order valence-corrected chi connectivity index (χ2v) is 24.9. The van der Waals surface area contributed by atoms with Crippen LogP contribution in [0.4, 0.5) is 0 Å². The lowest BCUT2D eigenvalue weighted by Crippen LogP contribution is -2.42. The highest BCUT2D eigenvalue weighted by Gasteiger charge is 2.41. The second kappa shape index (κ2) is 34.0. The molecule has 1 aromatic heterocycles. The molecule has 1 aromatic rings. The molecular formula is C52H82N2O21S3. The fourth-order valence-corrected chi connectivity index (χ4v) is 12.7. The van der Waals surface area contributed by atoms with Crippen LogP contribution < -0.4 is 10.0 Å². The number of thiophene rings is 1. The number of hydrogen-bond donors (Lipinski definition) is 2. The maximum Gasteiger partial charge on any atom is 0.347 e. The van der Waals surface area contributed by atoms with Gasteiger partial charge in [-0.2, -0.15) is 0 Å². The molecule has 0 fully saturated rings. The first-order chi connectivity index (χ1) is 36.6. The van der Waals surface area contributed by atoms with Gasteiger partial charge in [-0.15, -0.1) is 11.3 Å². The van der Waals surface area contributed by atoms with Gasteiger partial charge in [0.05, 0.1) is 5.25 Å². The van der Waals surface area contributed by atoms with E-state index in [0.29, 0.717) is 24.3 Å². The van der Waals surface area contributed by atoms with Crippen LogP contribution >= 0.6 is 11.3 Å². The van der Waals surface area contributed by atoms with E-state index in [4.69, 9.17) is 37.9 Å². The molecule has 26 heteroatoms. The minimum absolute atomic E-state index is 0.116. The van der Waals surface area contributed by atoms with Crippen molar-refractivity contribution < 1.29 is 97.9 Å². The molecule has 23 nitrogen and oxygen atoms in total. The lowest BCUT2D eigenvalue weighted by atomic mass is 10.0. The predicted molar refractivity (Wildman–Crippen MR) is 281 cm³/mol. The molecule has 0 radical (unpaired) electrons. The van der Waals surface area contributed by atoms with Crippen molar-refractivity contribution in [1.82, 2.24) is 10.0 Å². The summed E-state index contributed by atoms with van der Waals surface area (Å²) in [6, 6.07) is 0.721. The van der Waals surface area contributed by atoms with Crippen LogP contribution in [0.3, 0.4) is 0 Å². The zero-order chi connectivity index (χ0) is 58.9. The third-order valence-electron chi connectivity index (χ3n) is 12.4. The van der Waals surface area contributed by atoms with E-state index in [9.17, 15) is 60.0 Å². The number of ether oxygens (including phenoxy) is 8. The molecule has 0 unspecified atom stereocenters. The Labute approximate surface area is 462 Å². The molecule has 2 rings (SSSR count). The molecule has 1 aliphatic rings. The quantitative estimate of drug-likeness (QED) is 0.0412. The van der Waals surface area contributed by atoms with E-state index in [-0.39, 0.29) is 22.6 Å². The number of sulfonamides is 1. The lowest BCUT2D eigenvalue weighted by molar-refractivity contribution is -0.189. The summed E-state index contributed by atoms with van der Waals surface area (Å²) in [6.07, 6.45) is 4.88. The molecule has 1 amide bonds. The zero-order valence-corrected chi connectivity index (χ0v) is 49.3. The largest absolute Gasteiger partial charge is 0.451 e. The fraction of sp³-hybridized carbons (Fsp3) is 0.750. The van der Waals surface area contributed by atoms with Crippen molar-refractivity contribution >= 4 is 84.9 Å². The highest BCUT2D eigenvalue weighted by Crippen LogP contribution is 2.42. The lowest BCUT2D eigenvalue weighted by Gasteiger charge is -2.27. The summed E-state index contributed by atoms with van der Waals surface area (Å²) in [5, 5.41) is 2.33. The third-order valence-corrected chi connectivity index (χ3v) is 18.1. The number of carbonyl (C=O) groups is 9. The van der Waals surface area contributed by atoms with Gasteiger partial charge >= 0.3 is 47.8 Å². The van der Waals surface area contributed by atoms with Gasteiger partial charge in [-0.3, -0.25) is 9.59 Å². The van der Waals surface area contributed by atoms with Crippen molar-refractivity contribution in [3.05, 3.63) is 11.6 Å². The fourth-order valence-electron chi connectivity index (χ4n) is 7.61. The van der Waals surface area contributed by atoms with E-state index >= 15 is 0 Å². The van der Waals surface area contributed by atoms with Crippen LogP contribution in [0.5, 0.6) is 0 Å². The van der Waals surface area contributed by atoms with Crippen molar-refractivity contribution in [3.63, 3.8) is 0 Å². The summed E-state index contributed by atoms with van der Waals surface area (Å²) in [6.45, 7) is 14.8. The van der Waals surface area contributed by atoms with Crippen molar-refractivity contribution in [3.8, 4) is 0 Å². The SMILES string of the molecule is CCCCCCCCCCCCCCCCCC(=O)O[C@@H](C)C(=O)O[C@@H](C)C(=O)O[C@@H](C)C(=O)O[C@@H](C)C(=O)O[C@@H](C)C(=O)O[C@@H](C)C(=O)O[C@@H](C)C(=O)O[C@@H](C)C(=O)NS(=O)(=O)c1cc2c(s1)S(=O)(=O)[C@@H](C)C[C@@H]2NCC. The maximum atomic E-state index is 13.2. The summed E-state index contributed by atoms with van der Waals surface area (Å²) < 4.78 is 93.6. The van der Waals surface area contributed by atoms with Gasteiger partial charge in [0.1, 0.15) is 8.42 Å². The monoisotopic (exact) mass is 1170 g/mol. The Balaban J connectivity index is 1.71. The highest BCUT2D eigenvalue weighted by molar-refractivity contribution is 7.95. The molecular weight excluding hydrogens is 1080 g/mol. The van der Waals surface area contributed by atoms with E-state index in [1.807, 2.05) is 0 Å². The van der Waals surface area contributed by atoms with Gasteiger partial charge in [0.15, 0.2) is 58.7 Å². The molecule has 0 saturated carbocycles. The standard InChI is InChI=1S/C52H82N2O21S3/c1-12-14-15-16-17-18-19-20-21-22-23-24-25-26-27-28-42(55)68-33(5)45(57)70-35(7)47(59)72-37(9)49(61)74-39(11)51(63)75-38(10)50(62)73-36(8)48(60)71-34(6)46(58)69-32(4)44(56)54-78(66,67)43-30-40-41(53-13-2)29-31(3)77(64,65)52(40)76-43/h30-39,41,53H,12-29H2,1-11H3,(H,54,56)/t31-,32-,33-,34-,35-,36-,37-,38-,39-,41-/m0/s1. The summed E-state index contributed by atoms with van der Waals surface area (Å²) in [7, 11) is -8.48. The number of sulfone groups is 1. The van der Waals surface area contributed by atoms with Crippen molar-refractivity contribution in [2.24, 2.45) is 0 Å². The molecule has 0 aromatic carbocycles. The summed E-state index contributed by atoms with van der Waals surface area (Å²) in [5.74, 6) is -10.4. The molecule has 0 saturated heterocycles. The molecule has 444 valence electrons. The molecule has 10 atom stereocenters. The number of esters is 8. The van der Waals surface area contributed by atoms with Gasteiger partial charge in [-0.05, 0) is 87.8 Å². The Hall–Kier alpha value is -5.21. The summed E-state index contributed by atoms with van der Waals surface area (Å²) >= 11 is 0.479. The van der Waals surface area contributed by atoms with Crippen molar-refractivity contribution in [2.75, 3.05) is 6.54 Å². The van der Waals surface area contributed by atoms with Gasteiger partial charge in [0.2, 0.25) is 0 Å². The van der Waals surface area contributed by atoms with E-state index < -0.39 is 138 Å². The number of hydrogen-bond acceptors (Lipinski definition) is 23. The molecule has 0 bridgehead atoms. The molecule has 78 heavy (non-hydrogen) atoms. The number of nitrogens with one attached hydrogen (secondary N) is 2. The van der Waals surface area contributed by atoms with Crippen LogP contribution in [-0.4, -0.2) is 131 Å². The number of amides is 1. The van der Waals surface area contributed by atoms with Crippen LogP contribution in [0.25, 0.3) is 0 Å². The molecule has 2 N–H and O–H groups in total. The summed E-state index contributed by atoms with van der Waals surface area (Å²) in [5.41, 5.74) is 0.253. The Morgan fingerprint density at radius 1 is 0.526 bits per heavy atom. The van der Waals surface area contributed by atoms with Gasteiger partial charge in [-0.25, -0.2) is 55.1 Å². The van der Waals surface area contributed by atoms with Crippen molar-refractivity contribution in [1.29, 1.82) is 0 Å². The predicted octanol–water partition coefficient (Wildman–Crippen LogP) is 6.48. The van der Waals surface area contributed by atoms with Gasteiger partial charge < -0.3 is 43.2 Å². The van der Waals surface area contributed by atoms with E-state index in [2.05, 4.69) is 12.2 Å². The second-order valence-electron chi connectivity index (χ2n) is 19.4. The number of fused-ring (bicyclic) bond motifs is 1. The van der Waals surface area contributed by atoms with Gasteiger partial charge in [-0.1, -0.05) is 104 Å². The molecule has 2 heterocycles. The zero-order valence-electron chi connectivity index (χ0n) is 46.9. The molecule has 0 spiro atoms. The number of rotatable bonds is 36. The smallest absolute Gasteiger partial charge is 0.347 e. The van der Waals surface area contributed by atoms with E-state index in [1.165, 1.54) is 91.0 Å². The van der Waals surface area contributed by atoms with Crippen LogP contribution in [0, 0.1) is 0 Å². The van der Waals surface area contributed by atoms with E-state index in [0.717, 1.165) is 67.2 Å². The molecule has 0 aliphatic carbocycles. The average Bonchev–Trinajstić information content (AvgIpc) is 3.86. The third kappa shape index (κ3) is 23.2. The normalized spacial score (nSPS) is 17.9. The first-order valence-electron chi connectivity index (χ1n) is 26.9. The van der Waals surface area contributed by atoms with Crippen LogP contribution in [-0.2, 0) is 101 Å².